The minimum absolute atomic E-state index is 0.171. The zero-order valence-electron chi connectivity index (χ0n) is 14.1. The van der Waals surface area contributed by atoms with Crippen molar-refractivity contribution in [2.24, 2.45) is 0 Å². The van der Waals surface area contributed by atoms with Gasteiger partial charge in [-0.1, -0.05) is 30.3 Å². The van der Waals surface area contributed by atoms with Crippen molar-refractivity contribution in [1.29, 1.82) is 0 Å². The molecule has 0 N–H and O–H groups in total. The summed E-state index contributed by atoms with van der Waals surface area (Å²) in [6.07, 6.45) is -0.332. The molecule has 7 nitrogen and oxygen atoms in total. The molecule has 130 valence electrons. The number of nitrogens with zero attached hydrogens (tertiary/aromatic N) is 4. The summed E-state index contributed by atoms with van der Waals surface area (Å²) in [7, 11) is 0. The highest BCUT2D eigenvalue weighted by Gasteiger charge is 2.26. The fourth-order valence-corrected chi connectivity index (χ4v) is 2.68. The maximum absolute atomic E-state index is 12.5. The second kappa shape index (κ2) is 7.74. The van der Waals surface area contributed by atoms with Crippen LogP contribution in [0, 0.1) is 0 Å². The van der Waals surface area contributed by atoms with Crippen LogP contribution in [0.2, 0.25) is 0 Å². The van der Waals surface area contributed by atoms with Gasteiger partial charge in [0, 0.05) is 31.7 Å². The van der Waals surface area contributed by atoms with Gasteiger partial charge in [0.25, 0.3) is 5.91 Å². The first-order valence-corrected chi connectivity index (χ1v) is 8.29. The van der Waals surface area contributed by atoms with Gasteiger partial charge in [0.05, 0.1) is 12.3 Å². The molecule has 0 atom stereocenters. The summed E-state index contributed by atoms with van der Waals surface area (Å²) in [4.78, 5) is 27.5. The molecule has 1 saturated heterocycles. The SMILES string of the molecule is CCOC(=O)N1CCN(C(=O)c2ccc(-c3ccccc3)nn2)CC1. The van der Waals surface area contributed by atoms with E-state index in [4.69, 9.17) is 4.74 Å². The lowest BCUT2D eigenvalue weighted by molar-refractivity contribution is 0.0565. The van der Waals surface area contributed by atoms with E-state index in [2.05, 4.69) is 10.2 Å². The summed E-state index contributed by atoms with van der Waals surface area (Å²) in [5.41, 5.74) is 1.99. The van der Waals surface area contributed by atoms with Crippen LogP contribution in [0.5, 0.6) is 0 Å². The number of hydrogen-bond acceptors (Lipinski definition) is 5. The Morgan fingerprint density at radius 1 is 0.960 bits per heavy atom. The fourth-order valence-electron chi connectivity index (χ4n) is 2.68. The number of aromatic nitrogens is 2. The van der Waals surface area contributed by atoms with Gasteiger partial charge in [-0.2, -0.15) is 0 Å². The first-order chi connectivity index (χ1) is 12.2. The molecule has 2 amide bonds. The zero-order valence-corrected chi connectivity index (χ0v) is 14.1. The van der Waals surface area contributed by atoms with E-state index in [1.54, 1.807) is 28.9 Å². The maximum atomic E-state index is 12.5. The van der Waals surface area contributed by atoms with Gasteiger partial charge in [-0.15, -0.1) is 10.2 Å². The van der Waals surface area contributed by atoms with Crippen LogP contribution < -0.4 is 0 Å². The van der Waals surface area contributed by atoms with Crippen molar-refractivity contribution in [1.82, 2.24) is 20.0 Å². The Labute approximate surface area is 146 Å². The molecule has 2 aromatic rings. The molecule has 0 spiro atoms. The number of rotatable bonds is 3. The third kappa shape index (κ3) is 3.93. The second-order valence-corrected chi connectivity index (χ2v) is 5.65. The van der Waals surface area contributed by atoms with E-state index < -0.39 is 0 Å². The molecule has 3 rings (SSSR count). The molecule has 0 radical (unpaired) electrons. The molecule has 0 unspecified atom stereocenters. The van der Waals surface area contributed by atoms with Gasteiger partial charge in [0.2, 0.25) is 0 Å². The van der Waals surface area contributed by atoms with Crippen molar-refractivity contribution in [2.75, 3.05) is 32.8 Å². The molecule has 1 aliphatic heterocycles. The van der Waals surface area contributed by atoms with Crippen LogP contribution in [0.1, 0.15) is 17.4 Å². The summed E-state index contributed by atoms with van der Waals surface area (Å²) in [5, 5.41) is 8.22. The van der Waals surface area contributed by atoms with Crippen LogP contribution >= 0.6 is 0 Å². The van der Waals surface area contributed by atoms with Gasteiger partial charge >= 0.3 is 6.09 Å². The largest absolute Gasteiger partial charge is 0.450 e. The lowest BCUT2D eigenvalue weighted by atomic mass is 10.1. The van der Waals surface area contributed by atoms with Crippen molar-refractivity contribution in [2.45, 2.75) is 6.92 Å². The van der Waals surface area contributed by atoms with Crippen molar-refractivity contribution in [3.63, 3.8) is 0 Å². The number of benzene rings is 1. The molecule has 0 bridgehead atoms. The number of carbonyl (C=O) groups is 2. The highest BCUT2D eigenvalue weighted by molar-refractivity contribution is 5.92. The Bertz CT molecular complexity index is 726. The Kier molecular flexibility index (Phi) is 5.23. The molecule has 0 aliphatic carbocycles. The Morgan fingerprint density at radius 2 is 1.64 bits per heavy atom. The molecular formula is C18H20N4O3. The monoisotopic (exact) mass is 340 g/mol. The van der Waals surface area contributed by atoms with Gasteiger partial charge in [-0.3, -0.25) is 4.79 Å². The molecule has 1 aliphatic rings. The predicted molar refractivity (Wildman–Crippen MR) is 92.0 cm³/mol. The van der Waals surface area contributed by atoms with Gasteiger partial charge in [-0.05, 0) is 19.1 Å². The third-order valence-corrected chi connectivity index (χ3v) is 4.05. The molecule has 1 fully saturated rings. The van der Waals surface area contributed by atoms with Gasteiger partial charge < -0.3 is 14.5 Å². The first kappa shape index (κ1) is 16.9. The van der Waals surface area contributed by atoms with Crippen LogP contribution in [0.3, 0.4) is 0 Å². The predicted octanol–water partition coefficient (Wildman–Crippen LogP) is 2.06. The molecule has 1 aromatic heterocycles. The summed E-state index contributed by atoms with van der Waals surface area (Å²) >= 11 is 0. The molecule has 2 heterocycles. The molecule has 7 heteroatoms. The van der Waals surface area contributed by atoms with Gasteiger partial charge in [0.1, 0.15) is 0 Å². The standard InChI is InChI=1S/C18H20N4O3/c1-2-25-18(24)22-12-10-21(11-13-22)17(23)16-9-8-15(19-20-16)14-6-4-3-5-7-14/h3-9H,2,10-13H2,1H3. The van der Waals surface area contributed by atoms with Crippen LogP contribution in [0.4, 0.5) is 4.79 Å². The van der Waals surface area contributed by atoms with E-state index in [9.17, 15) is 9.59 Å². The van der Waals surface area contributed by atoms with E-state index in [0.717, 1.165) is 11.3 Å². The molecular weight excluding hydrogens is 320 g/mol. The van der Waals surface area contributed by atoms with Crippen LogP contribution in [-0.4, -0.2) is 64.8 Å². The number of carbonyl (C=O) groups excluding carboxylic acids is 2. The smallest absolute Gasteiger partial charge is 0.409 e. The van der Waals surface area contributed by atoms with E-state index >= 15 is 0 Å². The normalized spacial score (nSPS) is 14.3. The summed E-state index contributed by atoms with van der Waals surface area (Å²) in [5.74, 6) is -0.171. The Balaban J connectivity index is 1.61. The number of ether oxygens (including phenoxy) is 1. The maximum Gasteiger partial charge on any atom is 0.409 e. The van der Waals surface area contributed by atoms with Crippen LogP contribution in [0.25, 0.3) is 11.3 Å². The lowest BCUT2D eigenvalue weighted by Gasteiger charge is -2.33. The molecule has 1 aromatic carbocycles. The second-order valence-electron chi connectivity index (χ2n) is 5.65. The molecule has 0 saturated carbocycles. The van der Waals surface area contributed by atoms with Gasteiger partial charge in [-0.25, -0.2) is 4.79 Å². The number of piperazine rings is 1. The lowest BCUT2D eigenvalue weighted by Crippen LogP contribution is -2.50. The van der Waals surface area contributed by atoms with E-state index in [0.29, 0.717) is 38.5 Å². The highest BCUT2D eigenvalue weighted by Crippen LogP contribution is 2.16. The van der Waals surface area contributed by atoms with Crippen molar-refractivity contribution in [3.05, 3.63) is 48.2 Å². The van der Waals surface area contributed by atoms with E-state index in [-0.39, 0.29) is 12.0 Å². The number of hydrogen-bond donors (Lipinski definition) is 0. The van der Waals surface area contributed by atoms with Crippen molar-refractivity contribution >= 4 is 12.0 Å². The average molecular weight is 340 g/mol. The highest BCUT2D eigenvalue weighted by atomic mass is 16.6. The summed E-state index contributed by atoms with van der Waals surface area (Å²) < 4.78 is 4.98. The molecule has 25 heavy (non-hydrogen) atoms. The summed E-state index contributed by atoms with van der Waals surface area (Å²) in [6.45, 7) is 3.95. The first-order valence-electron chi connectivity index (χ1n) is 8.29. The number of amides is 2. The van der Waals surface area contributed by atoms with Crippen molar-refractivity contribution in [3.8, 4) is 11.3 Å². The Hall–Kier alpha value is -2.96. The third-order valence-electron chi connectivity index (χ3n) is 4.05. The van der Waals surface area contributed by atoms with Crippen LogP contribution in [-0.2, 0) is 4.74 Å². The quantitative estimate of drug-likeness (QED) is 0.855. The average Bonchev–Trinajstić information content (AvgIpc) is 2.68. The van der Waals surface area contributed by atoms with Crippen molar-refractivity contribution < 1.29 is 14.3 Å². The van der Waals surface area contributed by atoms with E-state index in [1.165, 1.54) is 0 Å². The van der Waals surface area contributed by atoms with Crippen LogP contribution in [0.15, 0.2) is 42.5 Å². The van der Waals surface area contributed by atoms with E-state index in [1.807, 2.05) is 30.3 Å². The minimum atomic E-state index is -0.332. The minimum Gasteiger partial charge on any atom is -0.450 e. The Morgan fingerprint density at radius 3 is 2.24 bits per heavy atom. The summed E-state index contributed by atoms with van der Waals surface area (Å²) in [6, 6.07) is 13.2. The topological polar surface area (TPSA) is 75.6 Å². The zero-order chi connectivity index (χ0) is 17.6. The van der Waals surface area contributed by atoms with Gasteiger partial charge in [0.15, 0.2) is 5.69 Å². The fraction of sp³-hybridized carbons (Fsp3) is 0.333.